The van der Waals surface area contributed by atoms with Gasteiger partial charge in [0.05, 0.1) is 12.8 Å². The summed E-state index contributed by atoms with van der Waals surface area (Å²) < 4.78 is 18.9. The van der Waals surface area contributed by atoms with Crippen LogP contribution in [0.5, 0.6) is 5.75 Å². The van der Waals surface area contributed by atoms with Crippen molar-refractivity contribution in [3.05, 3.63) is 29.6 Å². The second-order valence-electron chi connectivity index (χ2n) is 4.01. The molecule has 0 aromatic heterocycles. The van der Waals surface area contributed by atoms with E-state index in [0.29, 0.717) is 12.2 Å². The van der Waals surface area contributed by atoms with Crippen molar-refractivity contribution >= 4 is 12.2 Å². The van der Waals surface area contributed by atoms with Gasteiger partial charge in [0.2, 0.25) is 5.96 Å². The lowest BCUT2D eigenvalue weighted by Crippen LogP contribution is -2.21. The second-order valence-corrected chi connectivity index (χ2v) is 4.01. The van der Waals surface area contributed by atoms with Gasteiger partial charge in [0.25, 0.3) is 0 Å². The lowest BCUT2D eigenvalue weighted by molar-refractivity contribution is 0.291. The van der Waals surface area contributed by atoms with Gasteiger partial charge in [0, 0.05) is 0 Å². The highest BCUT2D eigenvalue weighted by molar-refractivity contribution is 5.82. The SMILES string of the molecule is CCCCCOc1cc(C=NN=C(N)N)ccc1F. The van der Waals surface area contributed by atoms with Crippen LogP contribution in [-0.2, 0) is 0 Å². The van der Waals surface area contributed by atoms with Crippen molar-refractivity contribution in [3.8, 4) is 5.75 Å². The highest BCUT2D eigenvalue weighted by Gasteiger charge is 2.03. The fourth-order valence-corrected chi connectivity index (χ4v) is 1.41. The summed E-state index contributed by atoms with van der Waals surface area (Å²) in [4.78, 5) is 0. The molecule has 6 heteroatoms. The Hall–Kier alpha value is -2.11. The maximum absolute atomic E-state index is 13.5. The Balaban J connectivity index is 2.66. The summed E-state index contributed by atoms with van der Waals surface area (Å²) in [5.41, 5.74) is 10.9. The van der Waals surface area contributed by atoms with E-state index in [1.165, 1.54) is 12.3 Å². The second kappa shape index (κ2) is 8.07. The van der Waals surface area contributed by atoms with Crippen LogP contribution in [0.1, 0.15) is 31.7 Å². The average molecular weight is 266 g/mol. The van der Waals surface area contributed by atoms with E-state index in [1.807, 2.05) is 0 Å². The van der Waals surface area contributed by atoms with Crippen molar-refractivity contribution in [1.29, 1.82) is 0 Å². The molecule has 0 bridgehead atoms. The van der Waals surface area contributed by atoms with Crippen LogP contribution in [-0.4, -0.2) is 18.8 Å². The Labute approximate surface area is 112 Å². The molecule has 0 atom stereocenters. The molecule has 19 heavy (non-hydrogen) atoms. The highest BCUT2D eigenvalue weighted by Crippen LogP contribution is 2.18. The Kier molecular flexibility index (Phi) is 6.35. The van der Waals surface area contributed by atoms with Crippen molar-refractivity contribution in [2.75, 3.05) is 6.61 Å². The summed E-state index contributed by atoms with van der Waals surface area (Å²) in [5.74, 6) is -0.311. The fourth-order valence-electron chi connectivity index (χ4n) is 1.41. The van der Waals surface area contributed by atoms with Gasteiger partial charge in [-0.1, -0.05) is 25.8 Å². The van der Waals surface area contributed by atoms with Crippen LogP contribution in [0.25, 0.3) is 0 Å². The monoisotopic (exact) mass is 266 g/mol. The normalized spacial score (nSPS) is 10.6. The van der Waals surface area contributed by atoms with Crippen molar-refractivity contribution < 1.29 is 9.13 Å². The number of benzene rings is 1. The molecule has 0 fully saturated rings. The molecule has 0 aliphatic carbocycles. The molecule has 0 heterocycles. The molecule has 0 saturated heterocycles. The number of guanidine groups is 1. The van der Waals surface area contributed by atoms with E-state index < -0.39 is 5.82 Å². The number of rotatable bonds is 7. The molecule has 1 aromatic carbocycles. The lowest BCUT2D eigenvalue weighted by atomic mass is 10.2. The topological polar surface area (TPSA) is 86.0 Å². The zero-order valence-electron chi connectivity index (χ0n) is 11.0. The van der Waals surface area contributed by atoms with Gasteiger partial charge in [-0.05, 0) is 24.1 Å². The zero-order valence-corrected chi connectivity index (χ0v) is 11.0. The van der Waals surface area contributed by atoms with Gasteiger partial charge in [0.1, 0.15) is 0 Å². The molecule has 0 unspecified atom stereocenters. The van der Waals surface area contributed by atoms with Gasteiger partial charge >= 0.3 is 0 Å². The Morgan fingerprint density at radius 3 is 2.84 bits per heavy atom. The standard InChI is InChI=1S/C13H19FN4O/c1-2-3-4-7-19-12-8-10(5-6-11(12)14)9-17-18-13(15)16/h5-6,8-9H,2-4,7H2,1H3,(H4,15,16,18). The van der Waals surface area contributed by atoms with Gasteiger partial charge in [-0.3, -0.25) is 0 Å². The molecule has 0 saturated carbocycles. The van der Waals surface area contributed by atoms with E-state index in [9.17, 15) is 4.39 Å². The largest absolute Gasteiger partial charge is 0.490 e. The molecule has 5 nitrogen and oxygen atoms in total. The maximum Gasteiger partial charge on any atom is 0.211 e. The first-order chi connectivity index (χ1) is 9.13. The summed E-state index contributed by atoms with van der Waals surface area (Å²) >= 11 is 0. The van der Waals surface area contributed by atoms with E-state index in [1.54, 1.807) is 12.1 Å². The van der Waals surface area contributed by atoms with Gasteiger partial charge in [-0.2, -0.15) is 5.10 Å². The molecule has 0 aliphatic rings. The third kappa shape index (κ3) is 5.85. The number of unbranched alkanes of at least 4 members (excludes halogenated alkanes) is 2. The molecule has 104 valence electrons. The minimum absolute atomic E-state index is 0.130. The van der Waals surface area contributed by atoms with E-state index in [4.69, 9.17) is 16.2 Å². The Morgan fingerprint density at radius 2 is 2.16 bits per heavy atom. The number of nitrogens with zero attached hydrogens (tertiary/aromatic N) is 2. The van der Waals surface area contributed by atoms with E-state index in [0.717, 1.165) is 19.3 Å². The van der Waals surface area contributed by atoms with Crippen LogP contribution in [0, 0.1) is 5.82 Å². The van der Waals surface area contributed by atoms with Crippen LogP contribution < -0.4 is 16.2 Å². The molecule has 0 spiro atoms. The molecule has 4 N–H and O–H groups in total. The first kappa shape index (κ1) is 14.9. The first-order valence-electron chi connectivity index (χ1n) is 6.17. The molecule has 1 aromatic rings. The molecule has 0 aliphatic heterocycles. The molecular formula is C13H19FN4O. The summed E-state index contributed by atoms with van der Waals surface area (Å²) in [7, 11) is 0. The first-order valence-corrected chi connectivity index (χ1v) is 6.17. The summed E-state index contributed by atoms with van der Waals surface area (Å²) in [6.07, 6.45) is 4.49. The average Bonchev–Trinajstić information content (AvgIpc) is 2.37. The lowest BCUT2D eigenvalue weighted by Gasteiger charge is -2.07. The minimum atomic E-state index is -0.393. The summed E-state index contributed by atoms with van der Waals surface area (Å²) in [6.45, 7) is 2.60. The quantitative estimate of drug-likeness (QED) is 0.342. The van der Waals surface area contributed by atoms with Crippen LogP contribution in [0.15, 0.2) is 28.4 Å². The van der Waals surface area contributed by atoms with Gasteiger partial charge in [-0.25, -0.2) is 4.39 Å². The van der Waals surface area contributed by atoms with Crippen LogP contribution >= 0.6 is 0 Å². The highest BCUT2D eigenvalue weighted by atomic mass is 19.1. The molecule has 1 rings (SSSR count). The maximum atomic E-state index is 13.5. The Bertz CT molecular complexity index is 456. The fraction of sp³-hybridized carbons (Fsp3) is 0.385. The number of hydrogen-bond acceptors (Lipinski definition) is 3. The number of halogens is 1. The van der Waals surface area contributed by atoms with Crippen molar-refractivity contribution in [1.82, 2.24) is 0 Å². The van der Waals surface area contributed by atoms with Crippen LogP contribution in [0.2, 0.25) is 0 Å². The third-order valence-corrected chi connectivity index (χ3v) is 2.34. The van der Waals surface area contributed by atoms with E-state index in [-0.39, 0.29) is 11.7 Å². The van der Waals surface area contributed by atoms with Crippen molar-refractivity contribution in [2.45, 2.75) is 26.2 Å². The third-order valence-electron chi connectivity index (χ3n) is 2.34. The molecular weight excluding hydrogens is 247 g/mol. The number of ether oxygens (including phenoxy) is 1. The Morgan fingerprint density at radius 1 is 1.37 bits per heavy atom. The van der Waals surface area contributed by atoms with Crippen molar-refractivity contribution in [2.24, 2.45) is 21.7 Å². The molecule has 0 amide bonds. The summed E-state index contributed by atoms with van der Waals surface area (Å²) in [5, 5.41) is 7.12. The van der Waals surface area contributed by atoms with Gasteiger partial charge in [0.15, 0.2) is 11.6 Å². The number of hydrogen-bond donors (Lipinski definition) is 2. The predicted octanol–water partition coefficient (Wildman–Crippen LogP) is 2.00. The predicted molar refractivity (Wildman–Crippen MR) is 74.8 cm³/mol. The van der Waals surface area contributed by atoms with Crippen LogP contribution in [0.4, 0.5) is 4.39 Å². The smallest absolute Gasteiger partial charge is 0.211 e. The van der Waals surface area contributed by atoms with Gasteiger partial charge < -0.3 is 16.2 Å². The van der Waals surface area contributed by atoms with E-state index >= 15 is 0 Å². The van der Waals surface area contributed by atoms with E-state index in [2.05, 4.69) is 17.1 Å². The van der Waals surface area contributed by atoms with Crippen LogP contribution in [0.3, 0.4) is 0 Å². The summed E-state index contributed by atoms with van der Waals surface area (Å²) in [6, 6.07) is 4.46. The van der Waals surface area contributed by atoms with Gasteiger partial charge in [-0.15, -0.1) is 5.10 Å². The zero-order chi connectivity index (χ0) is 14.1. The minimum Gasteiger partial charge on any atom is -0.490 e. The molecule has 0 radical (unpaired) electrons. The van der Waals surface area contributed by atoms with Crippen molar-refractivity contribution in [3.63, 3.8) is 0 Å². The number of nitrogens with two attached hydrogens (primary N) is 2.